The summed E-state index contributed by atoms with van der Waals surface area (Å²) >= 11 is 6.13. The molecule has 0 bridgehead atoms. The lowest BCUT2D eigenvalue weighted by Gasteiger charge is -2.21. The Morgan fingerprint density at radius 3 is 2.68 bits per heavy atom. The van der Waals surface area contributed by atoms with Crippen LogP contribution in [0.1, 0.15) is 33.3 Å². The average Bonchev–Trinajstić information content (AvgIpc) is 2.34. The Morgan fingerprint density at radius 2 is 2.05 bits per heavy atom. The number of aromatic nitrogens is 1. The average molecular weight is 287 g/mol. The predicted octanol–water partition coefficient (Wildman–Crippen LogP) is 3.04. The molecule has 0 aliphatic heterocycles. The molecule has 0 spiro atoms. The Balaban J connectivity index is 2.56. The Morgan fingerprint density at radius 1 is 1.32 bits per heavy atom. The molecular formula is C14H23ClN2O2. The van der Waals surface area contributed by atoms with Gasteiger partial charge in [-0.25, -0.2) is 4.98 Å². The lowest BCUT2D eigenvalue weighted by Crippen LogP contribution is -2.35. The molecule has 108 valence electrons. The van der Waals surface area contributed by atoms with Crippen LogP contribution < -0.4 is 10.1 Å². The summed E-state index contributed by atoms with van der Waals surface area (Å²) in [5.74, 6) is 0.579. The van der Waals surface area contributed by atoms with Crippen LogP contribution in [0.25, 0.3) is 0 Å². The predicted molar refractivity (Wildman–Crippen MR) is 77.8 cm³/mol. The van der Waals surface area contributed by atoms with Crippen molar-refractivity contribution in [2.45, 2.75) is 39.8 Å². The van der Waals surface area contributed by atoms with Crippen LogP contribution in [0, 0.1) is 0 Å². The maximum atomic E-state index is 6.13. The standard InChI is InChI=1S/C14H23ClN2O2/c1-5-18-6-7-19-13-8-11(12(15)10-16-13)9-17-14(2,3)4/h8,10,17H,5-7,9H2,1-4H3. The van der Waals surface area contributed by atoms with E-state index in [1.165, 1.54) is 0 Å². The molecule has 0 saturated carbocycles. The van der Waals surface area contributed by atoms with Crippen LogP contribution in [-0.4, -0.2) is 30.3 Å². The summed E-state index contributed by atoms with van der Waals surface area (Å²) in [4.78, 5) is 4.14. The van der Waals surface area contributed by atoms with E-state index in [-0.39, 0.29) is 5.54 Å². The van der Waals surface area contributed by atoms with Crippen LogP contribution in [0.4, 0.5) is 0 Å². The third kappa shape index (κ3) is 6.76. The molecule has 1 aromatic rings. The fourth-order valence-corrected chi connectivity index (χ4v) is 1.55. The Bertz CT molecular complexity index is 392. The normalized spacial score (nSPS) is 11.6. The lowest BCUT2D eigenvalue weighted by molar-refractivity contribution is 0.108. The van der Waals surface area contributed by atoms with E-state index in [0.717, 1.165) is 5.56 Å². The van der Waals surface area contributed by atoms with Crippen molar-refractivity contribution < 1.29 is 9.47 Å². The van der Waals surface area contributed by atoms with Crippen molar-refractivity contribution in [2.24, 2.45) is 0 Å². The first-order chi connectivity index (χ1) is 8.92. The third-order valence-electron chi connectivity index (χ3n) is 2.40. The molecule has 0 radical (unpaired) electrons. The van der Waals surface area contributed by atoms with Crippen LogP contribution in [-0.2, 0) is 11.3 Å². The summed E-state index contributed by atoms with van der Waals surface area (Å²) in [6.07, 6.45) is 1.62. The molecule has 1 rings (SSSR count). The number of ether oxygens (including phenoxy) is 2. The van der Waals surface area contributed by atoms with Gasteiger partial charge in [-0.1, -0.05) is 11.6 Å². The molecular weight excluding hydrogens is 264 g/mol. The Hall–Kier alpha value is -0.840. The molecule has 1 aromatic heterocycles. The first-order valence-corrected chi connectivity index (χ1v) is 6.90. The molecule has 0 aromatic carbocycles. The van der Waals surface area contributed by atoms with E-state index in [9.17, 15) is 0 Å². The SMILES string of the molecule is CCOCCOc1cc(CNC(C)(C)C)c(Cl)cn1. The minimum atomic E-state index is 0.0442. The Labute approximate surface area is 120 Å². The van der Waals surface area contributed by atoms with Gasteiger partial charge in [0.1, 0.15) is 6.61 Å². The number of hydrogen-bond acceptors (Lipinski definition) is 4. The summed E-state index contributed by atoms with van der Waals surface area (Å²) in [5, 5.41) is 4.04. The summed E-state index contributed by atoms with van der Waals surface area (Å²) in [6.45, 7) is 10.7. The minimum absolute atomic E-state index is 0.0442. The van der Waals surface area contributed by atoms with E-state index < -0.39 is 0 Å². The van der Waals surface area contributed by atoms with Crippen molar-refractivity contribution in [3.05, 3.63) is 22.8 Å². The van der Waals surface area contributed by atoms with Gasteiger partial charge in [0.2, 0.25) is 5.88 Å². The Kier molecular flexibility index (Phi) is 6.55. The highest BCUT2D eigenvalue weighted by molar-refractivity contribution is 6.31. The van der Waals surface area contributed by atoms with Gasteiger partial charge in [-0.05, 0) is 33.3 Å². The number of nitrogens with one attached hydrogen (secondary N) is 1. The van der Waals surface area contributed by atoms with Gasteiger partial charge in [0.15, 0.2) is 0 Å². The van der Waals surface area contributed by atoms with Crippen LogP contribution in [0.2, 0.25) is 5.02 Å². The second kappa shape index (κ2) is 7.68. The molecule has 0 amide bonds. The zero-order valence-electron chi connectivity index (χ0n) is 12.1. The van der Waals surface area contributed by atoms with Gasteiger partial charge in [-0.2, -0.15) is 0 Å². The van der Waals surface area contributed by atoms with E-state index >= 15 is 0 Å². The molecule has 1 N–H and O–H groups in total. The number of hydrogen-bond donors (Lipinski definition) is 1. The zero-order valence-corrected chi connectivity index (χ0v) is 12.9. The van der Waals surface area contributed by atoms with Gasteiger partial charge in [-0.3, -0.25) is 0 Å². The van der Waals surface area contributed by atoms with E-state index in [0.29, 0.717) is 37.3 Å². The van der Waals surface area contributed by atoms with Gasteiger partial charge >= 0.3 is 0 Å². The monoisotopic (exact) mass is 286 g/mol. The number of pyridine rings is 1. The third-order valence-corrected chi connectivity index (χ3v) is 2.74. The van der Waals surface area contributed by atoms with Gasteiger partial charge in [0, 0.05) is 31.0 Å². The zero-order chi connectivity index (χ0) is 14.3. The molecule has 4 nitrogen and oxygen atoms in total. The largest absolute Gasteiger partial charge is 0.475 e. The van der Waals surface area contributed by atoms with Crippen molar-refractivity contribution in [1.82, 2.24) is 10.3 Å². The molecule has 0 atom stereocenters. The first kappa shape index (κ1) is 16.2. The molecule has 1 heterocycles. The molecule has 5 heteroatoms. The quantitative estimate of drug-likeness (QED) is 0.783. The molecule has 0 fully saturated rings. The molecule has 0 saturated heterocycles. The van der Waals surface area contributed by atoms with Crippen LogP contribution in [0.3, 0.4) is 0 Å². The fraction of sp³-hybridized carbons (Fsp3) is 0.643. The summed E-state index contributed by atoms with van der Waals surface area (Å²) in [7, 11) is 0. The van der Waals surface area contributed by atoms with Gasteiger partial charge in [0.25, 0.3) is 0 Å². The highest BCUT2D eigenvalue weighted by atomic mass is 35.5. The van der Waals surface area contributed by atoms with Crippen LogP contribution in [0.15, 0.2) is 12.3 Å². The smallest absolute Gasteiger partial charge is 0.213 e. The second-order valence-corrected chi connectivity index (χ2v) is 5.67. The summed E-state index contributed by atoms with van der Waals surface area (Å²) < 4.78 is 10.7. The summed E-state index contributed by atoms with van der Waals surface area (Å²) in [6, 6.07) is 1.87. The van der Waals surface area contributed by atoms with Gasteiger partial charge in [0.05, 0.1) is 11.6 Å². The summed E-state index contributed by atoms with van der Waals surface area (Å²) in [5.41, 5.74) is 1.03. The van der Waals surface area contributed by atoms with E-state index in [1.807, 2.05) is 13.0 Å². The van der Waals surface area contributed by atoms with E-state index in [1.54, 1.807) is 6.20 Å². The van der Waals surface area contributed by atoms with E-state index in [2.05, 4.69) is 31.1 Å². The lowest BCUT2D eigenvalue weighted by atomic mass is 10.1. The number of halogens is 1. The van der Waals surface area contributed by atoms with Crippen molar-refractivity contribution >= 4 is 11.6 Å². The van der Waals surface area contributed by atoms with Crippen LogP contribution >= 0.6 is 11.6 Å². The molecule has 0 unspecified atom stereocenters. The minimum Gasteiger partial charge on any atom is -0.475 e. The van der Waals surface area contributed by atoms with Crippen molar-refractivity contribution in [3.63, 3.8) is 0 Å². The maximum absolute atomic E-state index is 6.13. The van der Waals surface area contributed by atoms with Crippen molar-refractivity contribution in [2.75, 3.05) is 19.8 Å². The topological polar surface area (TPSA) is 43.4 Å². The molecule has 19 heavy (non-hydrogen) atoms. The number of nitrogens with zero attached hydrogens (tertiary/aromatic N) is 1. The highest BCUT2D eigenvalue weighted by Gasteiger charge is 2.11. The van der Waals surface area contributed by atoms with E-state index in [4.69, 9.17) is 21.1 Å². The molecule has 0 aliphatic rings. The van der Waals surface area contributed by atoms with Crippen LogP contribution in [0.5, 0.6) is 5.88 Å². The fourth-order valence-electron chi connectivity index (χ4n) is 1.38. The second-order valence-electron chi connectivity index (χ2n) is 5.26. The highest BCUT2D eigenvalue weighted by Crippen LogP contribution is 2.20. The number of rotatable bonds is 7. The van der Waals surface area contributed by atoms with Crippen molar-refractivity contribution in [3.8, 4) is 5.88 Å². The maximum Gasteiger partial charge on any atom is 0.213 e. The van der Waals surface area contributed by atoms with Gasteiger partial charge in [-0.15, -0.1) is 0 Å². The van der Waals surface area contributed by atoms with Crippen molar-refractivity contribution in [1.29, 1.82) is 0 Å². The first-order valence-electron chi connectivity index (χ1n) is 6.52. The van der Waals surface area contributed by atoms with Gasteiger partial charge < -0.3 is 14.8 Å². The molecule has 0 aliphatic carbocycles.